The Morgan fingerprint density at radius 3 is 2.44 bits per heavy atom. The number of hydrogen-bond acceptors (Lipinski definition) is 2. The zero-order valence-corrected chi connectivity index (χ0v) is 13.8. The SMILES string of the molecule is O=C(O)c1sc2cc3c(cc2c1-c1ccccc1C(F)(F)F)CCC3. The van der Waals surface area contributed by atoms with Crippen molar-refractivity contribution in [1.82, 2.24) is 0 Å². The summed E-state index contributed by atoms with van der Waals surface area (Å²) in [5, 5.41) is 10.2. The minimum atomic E-state index is -4.54. The molecule has 0 spiro atoms. The fourth-order valence-electron chi connectivity index (χ4n) is 3.53. The van der Waals surface area contributed by atoms with E-state index in [0.29, 0.717) is 5.39 Å². The lowest BCUT2D eigenvalue weighted by Crippen LogP contribution is -2.08. The van der Waals surface area contributed by atoms with Crippen molar-refractivity contribution in [3.63, 3.8) is 0 Å². The van der Waals surface area contributed by atoms with Gasteiger partial charge >= 0.3 is 12.1 Å². The number of rotatable bonds is 2. The summed E-state index contributed by atoms with van der Waals surface area (Å²) >= 11 is 1.05. The molecule has 0 saturated carbocycles. The van der Waals surface area contributed by atoms with E-state index in [-0.39, 0.29) is 16.0 Å². The minimum absolute atomic E-state index is 0.0460. The molecule has 0 amide bonds. The van der Waals surface area contributed by atoms with Crippen LogP contribution in [0.4, 0.5) is 13.2 Å². The molecule has 25 heavy (non-hydrogen) atoms. The maximum Gasteiger partial charge on any atom is 0.417 e. The Hall–Kier alpha value is -2.34. The highest BCUT2D eigenvalue weighted by Gasteiger charge is 2.35. The maximum absolute atomic E-state index is 13.4. The van der Waals surface area contributed by atoms with Crippen LogP contribution in [-0.2, 0) is 19.0 Å². The third-order valence-corrected chi connectivity index (χ3v) is 5.74. The van der Waals surface area contributed by atoms with Crippen molar-refractivity contribution in [2.24, 2.45) is 0 Å². The number of aromatic carboxylic acids is 1. The van der Waals surface area contributed by atoms with Gasteiger partial charge in [0.2, 0.25) is 0 Å². The van der Waals surface area contributed by atoms with Crippen LogP contribution in [0.2, 0.25) is 0 Å². The summed E-state index contributed by atoms with van der Waals surface area (Å²) in [6.07, 6.45) is -1.71. The Morgan fingerprint density at radius 1 is 1.08 bits per heavy atom. The first-order chi connectivity index (χ1) is 11.9. The summed E-state index contributed by atoms with van der Waals surface area (Å²) in [5.74, 6) is -1.20. The number of hydrogen-bond donors (Lipinski definition) is 1. The number of carboxylic acid groups (broad SMARTS) is 1. The van der Waals surface area contributed by atoms with E-state index in [9.17, 15) is 23.1 Å². The second-order valence-corrected chi connectivity index (χ2v) is 7.18. The van der Waals surface area contributed by atoms with Gasteiger partial charge in [-0.3, -0.25) is 0 Å². The van der Waals surface area contributed by atoms with Crippen LogP contribution >= 0.6 is 11.3 Å². The number of carboxylic acids is 1. The number of carbonyl (C=O) groups is 1. The molecule has 0 atom stereocenters. The van der Waals surface area contributed by atoms with E-state index in [4.69, 9.17) is 0 Å². The van der Waals surface area contributed by atoms with Crippen molar-refractivity contribution >= 4 is 27.4 Å². The molecule has 0 saturated heterocycles. The average molecular weight is 362 g/mol. The van der Waals surface area contributed by atoms with Crippen LogP contribution < -0.4 is 0 Å². The second kappa shape index (κ2) is 5.59. The fraction of sp³-hybridized carbons (Fsp3) is 0.211. The monoisotopic (exact) mass is 362 g/mol. The largest absolute Gasteiger partial charge is 0.477 e. The van der Waals surface area contributed by atoms with Gasteiger partial charge in [0.15, 0.2) is 0 Å². The van der Waals surface area contributed by atoms with Crippen molar-refractivity contribution in [2.45, 2.75) is 25.4 Å². The molecule has 1 N–H and O–H groups in total. The number of aryl methyl sites for hydroxylation is 2. The van der Waals surface area contributed by atoms with Gasteiger partial charge in [-0.25, -0.2) is 4.79 Å². The first-order valence-corrected chi connectivity index (χ1v) is 8.66. The quantitative estimate of drug-likeness (QED) is 0.628. The van der Waals surface area contributed by atoms with Gasteiger partial charge in [0.1, 0.15) is 4.88 Å². The van der Waals surface area contributed by atoms with E-state index in [2.05, 4.69) is 0 Å². The number of alkyl halides is 3. The Labute approximate surface area is 145 Å². The van der Waals surface area contributed by atoms with Crippen LogP contribution in [0, 0.1) is 0 Å². The summed E-state index contributed by atoms with van der Waals surface area (Å²) < 4.78 is 41.1. The molecule has 1 aliphatic rings. The highest BCUT2D eigenvalue weighted by molar-refractivity contribution is 7.21. The molecular formula is C19H13F3O2S. The van der Waals surface area contributed by atoms with E-state index in [1.807, 2.05) is 12.1 Å². The van der Waals surface area contributed by atoms with Crippen LogP contribution in [0.3, 0.4) is 0 Å². The molecule has 0 radical (unpaired) electrons. The molecule has 3 aromatic rings. The maximum atomic E-state index is 13.4. The molecule has 0 aliphatic heterocycles. The molecule has 0 fully saturated rings. The van der Waals surface area contributed by atoms with Crippen LogP contribution in [0.1, 0.15) is 32.8 Å². The predicted octanol–water partition coefficient (Wildman–Crippen LogP) is 5.77. The summed E-state index contributed by atoms with van der Waals surface area (Å²) in [4.78, 5) is 11.7. The van der Waals surface area contributed by atoms with E-state index in [0.717, 1.165) is 46.9 Å². The van der Waals surface area contributed by atoms with Gasteiger partial charge in [0, 0.05) is 15.6 Å². The van der Waals surface area contributed by atoms with Gasteiger partial charge in [0.05, 0.1) is 5.56 Å². The zero-order valence-electron chi connectivity index (χ0n) is 13.0. The molecule has 1 aliphatic carbocycles. The molecule has 128 valence electrons. The summed E-state index contributed by atoms with van der Waals surface area (Å²) in [7, 11) is 0. The van der Waals surface area contributed by atoms with Crippen LogP contribution in [0.15, 0.2) is 36.4 Å². The molecule has 1 aromatic heterocycles. The normalized spacial score (nSPS) is 14.0. The smallest absolute Gasteiger partial charge is 0.417 e. The predicted molar refractivity (Wildman–Crippen MR) is 91.2 cm³/mol. The second-order valence-electron chi connectivity index (χ2n) is 6.13. The molecule has 1 heterocycles. The molecule has 4 rings (SSSR count). The summed E-state index contributed by atoms with van der Waals surface area (Å²) in [6, 6.07) is 8.99. The fourth-order valence-corrected chi connectivity index (χ4v) is 4.63. The van der Waals surface area contributed by atoms with Crippen molar-refractivity contribution in [3.8, 4) is 11.1 Å². The van der Waals surface area contributed by atoms with Crippen molar-refractivity contribution in [2.75, 3.05) is 0 Å². The third-order valence-electron chi connectivity index (χ3n) is 4.60. The third kappa shape index (κ3) is 2.61. The van der Waals surface area contributed by atoms with Gasteiger partial charge in [0.25, 0.3) is 0 Å². The first-order valence-electron chi connectivity index (χ1n) is 7.84. The van der Waals surface area contributed by atoms with E-state index >= 15 is 0 Å². The Balaban J connectivity index is 2.08. The molecule has 2 aromatic carbocycles. The Morgan fingerprint density at radius 2 is 1.76 bits per heavy atom. The lowest BCUT2D eigenvalue weighted by molar-refractivity contribution is -0.137. The highest BCUT2D eigenvalue weighted by atomic mass is 32.1. The van der Waals surface area contributed by atoms with Crippen LogP contribution in [0.25, 0.3) is 21.2 Å². The Kier molecular flexibility index (Phi) is 3.61. The number of halogens is 3. The molecule has 2 nitrogen and oxygen atoms in total. The summed E-state index contributed by atoms with van der Waals surface area (Å²) in [6.45, 7) is 0. The van der Waals surface area contributed by atoms with Crippen molar-refractivity contribution in [3.05, 3.63) is 58.0 Å². The van der Waals surface area contributed by atoms with Gasteiger partial charge in [-0.2, -0.15) is 13.2 Å². The van der Waals surface area contributed by atoms with Gasteiger partial charge in [-0.15, -0.1) is 11.3 Å². The van der Waals surface area contributed by atoms with Gasteiger partial charge in [-0.1, -0.05) is 18.2 Å². The number of thiophene rings is 1. The van der Waals surface area contributed by atoms with Crippen LogP contribution in [-0.4, -0.2) is 11.1 Å². The van der Waals surface area contributed by atoms with Crippen LogP contribution in [0.5, 0.6) is 0 Å². The lowest BCUT2D eigenvalue weighted by Gasteiger charge is -2.13. The van der Waals surface area contributed by atoms with Crippen molar-refractivity contribution < 1.29 is 23.1 Å². The van der Waals surface area contributed by atoms with Crippen molar-refractivity contribution in [1.29, 1.82) is 0 Å². The Bertz CT molecular complexity index is 1000. The molecular weight excluding hydrogens is 349 g/mol. The van der Waals surface area contributed by atoms with Gasteiger partial charge in [-0.05, 0) is 54.2 Å². The molecule has 6 heteroatoms. The zero-order chi connectivity index (χ0) is 17.8. The average Bonchev–Trinajstić information content (AvgIpc) is 3.15. The molecule has 0 unspecified atom stereocenters. The van der Waals surface area contributed by atoms with E-state index in [1.165, 1.54) is 23.8 Å². The lowest BCUT2D eigenvalue weighted by atomic mass is 9.95. The number of fused-ring (bicyclic) bond motifs is 2. The standard InChI is InChI=1S/C19H13F3O2S/c20-19(21,22)14-7-2-1-6-12(14)16-13-8-10-4-3-5-11(10)9-15(13)25-17(16)18(23)24/h1-2,6-9H,3-5H2,(H,23,24). The van der Waals surface area contributed by atoms with Gasteiger partial charge < -0.3 is 5.11 Å². The highest BCUT2D eigenvalue weighted by Crippen LogP contribution is 2.45. The van der Waals surface area contributed by atoms with E-state index in [1.54, 1.807) is 0 Å². The number of benzene rings is 2. The first kappa shape index (κ1) is 16.1. The topological polar surface area (TPSA) is 37.3 Å². The summed E-state index contributed by atoms with van der Waals surface area (Å²) in [5.41, 5.74) is 1.57. The minimum Gasteiger partial charge on any atom is -0.477 e. The van der Waals surface area contributed by atoms with E-state index < -0.39 is 17.7 Å². The molecule has 0 bridgehead atoms.